The molecule has 0 nitrogen and oxygen atoms in total. The highest BCUT2D eigenvalue weighted by molar-refractivity contribution is 4.75. The van der Waals surface area contributed by atoms with Crippen LogP contribution in [0.4, 0.5) is 0 Å². The smallest absolute Gasteiger partial charge is 0.0303 e. The zero-order valence-corrected chi connectivity index (χ0v) is 8.91. The quantitative estimate of drug-likeness (QED) is 0.558. The number of hydrogen-bond donors (Lipinski definition) is 0. The van der Waals surface area contributed by atoms with Gasteiger partial charge in [0.05, 0.1) is 0 Å². The van der Waals surface area contributed by atoms with Gasteiger partial charge in [-0.15, -0.1) is 0 Å². The molecular weight excluding hydrogens is 132 g/mol. The standard InChI is InChI=1S/C11H24/c1-6-11(7-2,8-3)9-10(4)5/h10H,6-9H2,1-5H3. The molecule has 0 fully saturated rings. The van der Waals surface area contributed by atoms with E-state index in [0.29, 0.717) is 5.41 Å². The van der Waals surface area contributed by atoms with Gasteiger partial charge in [-0.25, -0.2) is 0 Å². The average Bonchev–Trinajstić information content (AvgIpc) is 2.00. The van der Waals surface area contributed by atoms with Crippen molar-refractivity contribution in [2.75, 3.05) is 0 Å². The van der Waals surface area contributed by atoms with Gasteiger partial charge in [-0.1, -0.05) is 53.9 Å². The first-order chi connectivity index (χ1) is 5.10. The summed E-state index contributed by atoms with van der Waals surface area (Å²) < 4.78 is 0. The molecule has 0 aromatic heterocycles. The molecular formula is C11H24. The Morgan fingerprint density at radius 2 is 1.27 bits per heavy atom. The monoisotopic (exact) mass is 156 g/mol. The predicted octanol–water partition coefficient (Wildman–Crippen LogP) is 4.25. The Morgan fingerprint density at radius 3 is 1.36 bits per heavy atom. The van der Waals surface area contributed by atoms with Crippen LogP contribution in [0, 0.1) is 11.3 Å². The number of hydrogen-bond acceptors (Lipinski definition) is 0. The van der Waals surface area contributed by atoms with Gasteiger partial charge in [0.2, 0.25) is 0 Å². The van der Waals surface area contributed by atoms with Crippen LogP contribution in [-0.4, -0.2) is 0 Å². The van der Waals surface area contributed by atoms with Crippen molar-refractivity contribution < 1.29 is 0 Å². The highest BCUT2D eigenvalue weighted by Gasteiger charge is 2.24. The lowest BCUT2D eigenvalue weighted by Gasteiger charge is -2.32. The third-order valence-electron chi connectivity index (χ3n) is 3.09. The fourth-order valence-electron chi connectivity index (χ4n) is 2.05. The second kappa shape index (κ2) is 4.79. The van der Waals surface area contributed by atoms with Gasteiger partial charge >= 0.3 is 0 Å². The van der Waals surface area contributed by atoms with Gasteiger partial charge in [0.15, 0.2) is 0 Å². The van der Waals surface area contributed by atoms with Crippen LogP contribution in [0.25, 0.3) is 0 Å². The summed E-state index contributed by atoms with van der Waals surface area (Å²) in [5, 5.41) is 0. The van der Waals surface area contributed by atoms with Gasteiger partial charge in [-0.3, -0.25) is 0 Å². The highest BCUT2D eigenvalue weighted by Crippen LogP contribution is 2.36. The minimum Gasteiger partial charge on any atom is -0.0649 e. The molecule has 0 N–H and O–H groups in total. The molecule has 0 heteroatoms. The predicted molar refractivity (Wildman–Crippen MR) is 52.8 cm³/mol. The van der Waals surface area contributed by atoms with E-state index in [1.165, 1.54) is 25.7 Å². The first-order valence-corrected chi connectivity index (χ1v) is 5.10. The van der Waals surface area contributed by atoms with Gasteiger partial charge < -0.3 is 0 Å². The molecule has 0 unspecified atom stereocenters. The molecule has 0 aliphatic rings. The summed E-state index contributed by atoms with van der Waals surface area (Å²) in [5.74, 6) is 0.856. The first kappa shape index (κ1) is 11.0. The summed E-state index contributed by atoms with van der Waals surface area (Å²) in [5.41, 5.74) is 0.647. The summed E-state index contributed by atoms with van der Waals surface area (Å²) in [4.78, 5) is 0. The molecule has 0 bridgehead atoms. The van der Waals surface area contributed by atoms with E-state index in [2.05, 4.69) is 34.6 Å². The zero-order chi connectivity index (χ0) is 8.91. The average molecular weight is 156 g/mol. The van der Waals surface area contributed by atoms with Crippen molar-refractivity contribution in [3.8, 4) is 0 Å². The minimum atomic E-state index is 0.647. The molecule has 0 aromatic rings. The molecule has 0 radical (unpaired) electrons. The summed E-state index contributed by atoms with van der Waals surface area (Å²) in [6.07, 6.45) is 5.44. The van der Waals surface area contributed by atoms with Gasteiger partial charge in [0, 0.05) is 0 Å². The van der Waals surface area contributed by atoms with Gasteiger partial charge in [-0.05, 0) is 17.8 Å². The molecule has 0 spiro atoms. The second-order valence-corrected chi connectivity index (χ2v) is 4.16. The van der Waals surface area contributed by atoms with Crippen LogP contribution >= 0.6 is 0 Å². The largest absolute Gasteiger partial charge is 0.0649 e. The lowest BCUT2D eigenvalue weighted by molar-refractivity contribution is 0.198. The van der Waals surface area contributed by atoms with E-state index >= 15 is 0 Å². The van der Waals surface area contributed by atoms with Crippen LogP contribution in [0.3, 0.4) is 0 Å². The maximum Gasteiger partial charge on any atom is -0.0303 e. The van der Waals surface area contributed by atoms with E-state index in [1.807, 2.05) is 0 Å². The van der Waals surface area contributed by atoms with E-state index in [1.54, 1.807) is 0 Å². The second-order valence-electron chi connectivity index (χ2n) is 4.16. The zero-order valence-electron chi connectivity index (χ0n) is 8.91. The van der Waals surface area contributed by atoms with Crippen molar-refractivity contribution in [3.05, 3.63) is 0 Å². The van der Waals surface area contributed by atoms with Crippen molar-refractivity contribution >= 4 is 0 Å². The van der Waals surface area contributed by atoms with Crippen LogP contribution in [0.2, 0.25) is 0 Å². The van der Waals surface area contributed by atoms with Crippen LogP contribution in [-0.2, 0) is 0 Å². The molecule has 0 aliphatic carbocycles. The Morgan fingerprint density at radius 1 is 0.909 bits per heavy atom. The lowest BCUT2D eigenvalue weighted by atomic mass is 9.74. The lowest BCUT2D eigenvalue weighted by Crippen LogP contribution is -2.19. The molecule has 0 saturated carbocycles. The van der Waals surface area contributed by atoms with Crippen LogP contribution in [0.5, 0.6) is 0 Å². The van der Waals surface area contributed by atoms with E-state index in [-0.39, 0.29) is 0 Å². The third kappa shape index (κ3) is 3.27. The third-order valence-corrected chi connectivity index (χ3v) is 3.09. The molecule has 0 saturated heterocycles. The maximum atomic E-state index is 2.33. The minimum absolute atomic E-state index is 0.647. The normalized spacial score (nSPS) is 12.5. The van der Waals surface area contributed by atoms with Crippen LogP contribution in [0.1, 0.15) is 60.3 Å². The SMILES string of the molecule is CCC(CC)(CC)CC(C)C. The van der Waals surface area contributed by atoms with E-state index < -0.39 is 0 Å². The summed E-state index contributed by atoms with van der Waals surface area (Å²) in [7, 11) is 0. The van der Waals surface area contributed by atoms with Gasteiger partial charge in [-0.2, -0.15) is 0 Å². The molecule has 11 heavy (non-hydrogen) atoms. The molecule has 0 aromatic carbocycles. The van der Waals surface area contributed by atoms with Crippen LogP contribution < -0.4 is 0 Å². The van der Waals surface area contributed by atoms with Gasteiger partial charge in [0.25, 0.3) is 0 Å². The maximum absolute atomic E-state index is 2.33. The first-order valence-electron chi connectivity index (χ1n) is 5.10. The summed E-state index contributed by atoms with van der Waals surface area (Å²) >= 11 is 0. The Hall–Kier alpha value is 0. The Balaban J connectivity index is 4.05. The fraction of sp³-hybridized carbons (Fsp3) is 1.00. The fourth-order valence-corrected chi connectivity index (χ4v) is 2.05. The van der Waals surface area contributed by atoms with Crippen molar-refractivity contribution in [1.82, 2.24) is 0 Å². The molecule has 68 valence electrons. The van der Waals surface area contributed by atoms with E-state index in [0.717, 1.165) is 5.92 Å². The van der Waals surface area contributed by atoms with Crippen molar-refractivity contribution in [2.24, 2.45) is 11.3 Å². The van der Waals surface area contributed by atoms with Crippen LogP contribution in [0.15, 0.2) is 0 Å². The summed E-state index contributed by atoms with van der Waals surface area (Å²) in [6.45, 7) is 11.6. The molecule has 0 rings (SSSR count). The number of rotatable bonds is 5. The Bertz CT molecular complexity index is 79.9. The Kier molecular flexibility index (Phi) is 4.79. The Labute approximate surface area is 72.4 Å². The summed E-state index contributed by atoms with van der Waals surface area (Å²) in [6, 6.07) is 0. The van der Waals surface area contributed by atoms with Crippen molar-refractivity contribution in [3.63, 3.8) is 0 Å². The molecule has 0 aliphatic heterocycles. The van der Waals surface area contributed by atoms with E-state index in [4.69, 9.17) is 0 Å². The van der Waals surface area contributed by atoms with E-state index in [9.17, 15) is 0 Å². The van der Waals surface area contributed by atoms with Gasteiger partial charge in [0.1, 0.15) is 0 Å². The van der Waals surface area contributed by atoms with Crippen molar-refractivity contribution in [2.45, 2.75) is 60.3 Å². The molecule has 0 heterocycles. The molecule has 0 amide bonds. The topological polar surface area (TPSA) is 0 Å². The van der Waals surface area contributed by atoms with Crippen molar-refractivity contribution in [1.29, 1.82) is 0 Å². The molecule has 0 atom stereocenters. The highest BCUT2D eigenvalue weighted by atomic mass is 14.3.